The molecule has 0 bridgehead atoms. The number of halogens is 2. The van der Waals surface area contributed by atoms with Crippen molar-refractivity contribution in [2.45, 2.75) is 44.6 Å². The maximum absolute atomic E-state index is 11.9. The highest BCUT2D eigenvalue weighted by Gasteiger charge is 2.32. The van der Waals surface area contributed by atoms with Crippen LogP contribution in [0.15, 0.2) is 6.07 Å². The van der Waals surface area contributed by atoms with Gasteiger partial charge in [-0.05, 0) is 37.3 Å². The Balaban J connectivity index is 1.75. The fourth-order valence-electron chi connectivity index (χ4n) is 2.74. The summed E-state index contributed by atoms with van der Waals surface area (Å²) in [6, 6.07) is 1.74. The van der Waals surface area contributed by atoms with Gasteiger partial charge in [0.2, 0.25) is 11.8 Å². The van der Waals surface area contributed by atoms with Gasteiger partial charge in [0.25, 0.3) is 0 Å². The Bertz CT molecular complexity index is 533. The summed E-state index contributed by atoms with van der Waals surface area (Å²) in [6.07, 6.45) is 4.36. The molecule has 21 heavy (non-hydrogen) atoms. The van der Waals surface area contributed by atoms with Gasteiger partial charge in [0.15, 0.2) is 0 Å². The molecule has 1 fully saturated rings. The number of carbonyl (C=O) groups excluding carboxylic acids is 2. The van der Waals surface area contributed by atoms with Gasteiger partial charge in [-0.2, -0.15) is 0 Å². The Labute approximate surface area is 138 Å². The molecule has 1 saturated carbocycles. The van der Waals surface area contributed by atoms with Crippen LogP contribution >= 0.6 is 34.5 Å². The van der Waals surface area contributed by atoms with Gasteiger partial charge < -0.3 is 11.1 Å². The molecule has 0 spiro atoms. The summed E-state index contributed by atoms with van der Waals surface area (Å²) in [5.74, 6) is -0.581. The van der Waals surface area contributed by atoms with Crippen LogP contribution in [0.4, 0.5) is 0 Å². The van der Waals surface area contributed by atoms with Crippen molar-refractivity contribution < 1.29 is 9.59 Å². The van der Waals surface area contributed by atoms with Crippen molar-refractivity contribution >= 4 is 46.4 Å². The van der Waals surface area contributed by atoms with E-state index in [1.165, 1.54) is 11.3 Å². The van der Waals surface area contributed by atoms with E-state index in [0.717, 1.165) is 31.2 Å². The van der Waals surface area contributed by atoms with Gasteiger partial charge in [-0.3, -0.25) is 9.59 Å². The normalized spacial score (nSPS) is 21.4. The maximum atomic E-state index is 11.9. The van der Waals surface area contributed by atoms with E-state index in [1.807, 2.05) is 6.07 Å². The molecule has 2 amide bonds. The Hall–Kier alpha value is -0.780. The topological polar surface area (TPSA) is 72.2 Å². The molecular weight excluding hydrogens is 331 g/mol. The van der Waals surface area contributed by atoms with E-state index in [9.17, 15) is 9.59 Å². The Morgan fingerprint density at radius 1 is 1.38 bits per heavy atom. The summed E-state index contributed by atoms with van der Waals surface area (Å²) in [6.45, 7) is 0. The molecule has 1 heterocycles. The number of thiophene rings is 1. The second kappa shape index (κ2) is 7.47. The van der Waals surface area contributed by atoms with Crippen LogP contribution in [0.3, 0.4) is 0 Å². The summed E-state index contributed by atoms with van der Waals surface area (Å²) in [5, 5.41) is 2.92. The van der Waals surface area contributed by atoms with Gasteiger partial charge in [-0.25, -0.2) is 0 Å². The predicted octanol–water partition coefficient (Wildman–Crippen LogP) is 3.15. The highest BCUT2D eigenvalue weighted by Crippen LogP contribution is 2.32. The zero-order valence-corrected chi connectivity index (χ0v) is 13.9. The number of hydrogen-bond acceptors (Lipinski definition) is 3. The zero-order chi connectivity index (χ0) is 15.4. The lowest BCUT2D eigenvalue weighted by molar-refractivity contribution is -0.124. The molecule has 0 aromatic carbocycles. The van der Waals surface area contributed by atoms with Crippen molar-refractivity contribution in [2.24, 2.45) is 11.7 Å². The number of amides is 2. The minimum Gasteiger partial charge on any atom is -0.369 e. The third kappa shape index (κ3) is 4.59. The standard InChI is InChI=1S/C14H18Cl2N2O2S/c15-11-7-8(13(16)21-11)3-1-6-12(19)18-10-5-2-4-9(10)14(17)20/h7,9-10H,1-6H2,(H2,17,20)(H,18,19)/t9-,10+/m1/s1. The van der Waals surface area contributed by atoms with Crippen molar-refractivity contribution in [3.8, 4) is 0 Å². The summed E-state index contributed by atoms with van der Waals surface area (Å²) in [7, 11) is 0. The van der Waals surface area contributed by atoms with E-state index in [-0.39, 0.29) is 23.8 Å². The van der Waals surface area contributed by atoms with Crippen LogP contribution < -0.4 is 11.1 Å². The molecule has 1 aliphatic carbocycles. The molecule has 0 unspecified atom stereocenters. The summed E-state index contributed by atoms with van der Waals surface area (Å²) >= 11 is 13.2. The van der Waals surface area contributed by atoms with Crippen LogP contribution in [0, 0.1) is 5.92 Å². The Morgan fingerprint density at radius 3 is 2.76 bits per heavy atom. The molecule has 3 N–H and O–H groups in total. The van der Waals surface area contributed by atoms with Gasteiger partial charge in [0.1, 0.15) is 0 Å². The first-order valence-electron chi connectivity index (χ1n) is 6.99. The minimum atomic E-state index is -0.322. The average Bonchev–Trinajstić information content (AvgIpc) is 2.96. The Morgan fingerprint density at radius 2 is 2.14 bits per heavy atom. The SMILES string of the molecule is NC(=O)[C@@H]1CCC[C@@H]1NC(=O)CCCc1cc(Cl)sc1Cl. The molecule has 1 aliphatic rings. The number of nitrogens with two attached hydrogens (primary N) is 1. The van der Waals surface area contributed by atoms with Crippen LogP contribution in [-0.4, -0.2) is 17.9 Å². The third-order valence-electron chi connectivity index (χ3n) is 3.81. The van der Waals surface area contributed by atoms with Crippen LogP contribution in [0.5, 0.6) is 0 Å². The highest BCUT2D eigenvalue weighted by molar-refractivity contribution is 7.20. The van der Waals surface area contributed by atoms with Crippen LogP contribution in [0.1, 0.15) is 37.7 Å². The molecule has 1 aromatic rings. The number of rotatable bonds is 6. The molecule has 2 atom stereocenters. The molecule has 1 aromatic heterocycles. The van der Waals surface area contributed by atoms with E-state index in [0.29, 0.717) is 21.5 Å². The summed E-state index contributed by atoms with van der Waals surface area (Å²) < 4.78 is 1.35. The summed E-state index contributed by atoms with van der Waals surface area (Å²) in [4.78, 5) is 23.2. The van der Waals surface area contributed by atoms with Gasteiger partial charge >= 0.3 is 0 Å². The first-order valence-corrected chi connectivity index (χ1v) is 8.57. The molecule has 0 aliphatic heterocycles. The number of aryl methyl sites for hydroxylation is 1. The van der Waals surface area contributed by atoms with E-state index >= 15 is 0 Å². The first-order chi connectivity index (χ1) is 9.97. The molecule has 2 rings (SSSR count). The number of nitrogens with one attached hydrogen (secondary N) is 1. The van der Waals surface area contributed by atoms with Gasteiger partial charge in [-0.1, -0.05) is 29.6 Å². The second-order valence-electron chi connectivity index (χ2n) is 5.32. The molecule has 0 radical (unpaired) electrons. The largest absolute Gasteiger partial charge is 0.369 e. The lowest BCUT2D eigenvalue weighted by Crippen LogP contribution is -2.42. The van der Waals surface area contributed by atoms with E-state index < -0.39 is 0 Å². The number of hydrogen-bond donors (Lipinski definition) is 2. The second-order valence-corrected chi connectivity index (χ2v) is 7.60. The predicted molar refractivity (Wildman–Crippen MR) is 85.7 cm³/mol. The van der Waals surface area contributed by atoms with Crippen molar-refractivity contribution in [1.82, 2.24) is 5.32 Å². The maximum Gasteiger partial charge on any atom is 0.222 e. The molecule has 116 valence electrons. The lowest BCUT2D eigenvalue weighted by Gasteiger charge is -2.18. The smallest absolute Gasteiger partial charge is 0.222 e. The quantitative estimate of drug-likeness (QED) is 0.828. The van der Waals surface area contributed by atoms with E-state index in [1.54, 1.807) is 0 Å². The summed E-state index contributed by atoms with van der Waals surface area (Å²) in [5.41, 5.74) is 6.32. The van der Waals surface area contributed by atoms with E-state index in [4.69, 9.17) is 28.9 Å². The van der Waals surface area contributed by atoms with Crippen molar-refractivity contribution in [3.05, 3.63) is 20.3 Å². The molecule has 4 nitrogen and oxygen atoms in total. The Kier molecular flexibility index (Phi) is 5.90. The fourth-order valence-corrected chi connectivity index (χ4v) is 4.28. The minimum absolute atomic E-state index is 0.0365. The van der Waals surface area contributed by atoms with E-state index in [2.05, 4.69) is 5.32 Å². The van der Waals surface area contributed by atoms with Crippen molar-refractivity contribution in [1.29, 1.82) is 0 Å². The molecule has 0 saturated heterocycles. The van der Waals surface area contributed by atoms with Crippen molar-refractivity contribution in [3.63, 3.8) is 0 Å². The van der Waals surface area contributed by atoms with Crippen LogP contribution in [0.25, 0.3) is 0 Å². The van der Waals surface area contributed by atoms with Crippen molar-refractivity contribution in [2.75, 3.05) is 0 Å². The zero-order valence-electron chi connectivity index (χ0n) is 11.5. The molecular formula is C14H18Cl2N2O2S. The third-order valence-corrected chi connectivity index (χ3v) is 5.37. The monoisotopic (exact) mass is 348 g/mol. The van der Waals surface area contributed by atoms with Gasteiger partial charge in [-0.15, -0.1) is 11.3 Å². The fraction of sp³-hybridized carbons (Fsp3) is 0.571. The number of primary amides is 1. The highest BCUT2D eigenvalue weighted by atomic mass is 35.5. The lowest BCUT2D eigenvalue weighted by atomic mass is 10.0. The molecule has 7 heteroatoms. The first kappa shape index (κ1) is 16.6. The number of carbonyl (C=O) groups is 2. The van der Waals surface area contributed by atoms with Gasteiger partial charge in [0.05, 0.1) is 14.6 Å². The van der Waals surface area contributed by atoms with Crippen LogP contribution in [-0.2, 0) is 16.0 Å². The van der Waals surface area contributed by atoms with Gasteiger partial charge in [0, 0.05) is 12.5 Å². The average molecular weight is 349 g/mol. The van der Waals surface area contributed by atoms with Crippen LogP contribution in [0.2, 0.25) is 8.67 Å².